The van der Waals surface area contributed by atoms with Gasteiger partial charge in [0.1, 0.15) is 13.2 Å². The molecular formula is C12H16O8. The maximum atomic E-state index is 11.6. The molecule has 0 spiro atoms. The molecule has 1 aliphatic carbocycles. The van der Waals surface area contributed by atoms with Crippen molar-refractivity contribution in [2.75, 3.05) is 13.2 Å². The van der Waals surface area contributed by atoms with Gasteiger partial charge in [0.15, 0.2) is 12.2 Å². The van der Waals surface area contributed by atoms with Crippen LogP contribution in [0.1, 0.15) is 19.3 Å². The molecule has 1 aliphatic rings. The highest BCUT2D eigenvalue weighted by atomic mass is 16.6. The van der Waals surface area contributed by atoms with Crippen LogP contribution in [0.2, 0.25) is 0 Å². The summed E-state index contributed by atoms with van der Waals surface area (Å²) in [5, 5.41) is 0. The Kier molecular flexibility index (Phi) is 7.08. The van der Waals surface area contributed by atoms with Gasteiger partial charge in [-0.3, -0.25) is 19.2 Å². The number of esters is 1. The average molecular weight is 288 g/mol. The van der Waals surface area contributed by atoms with Crippen molar-refractivity contribution in [2.45, 2.75) is 31.5 Å². The Morgan fingerprint density at radius 1 is 1.00 bits per heavy atom. The fraction of sp³-hybridized carbons (Fsp3) is 0.667. The minimum absolute atomic E-state index is 0.122. The molecule has 0 aliphatic heterocycles. The lowest BCUT2D eigenvalue weighted by molar-refractivity contribution is -0.171. The third kappa shape index (κ3) is 4.87. The molecule has 0 heterocycles. The van der Waals surface area contributed by atoms with E-state index in [1.807, 2.05) is 0 Å². The van der Waals surface area contributed by atoms with Crippen LogP contribution >= 0.6 is 0 Å². The molecule has 0 aromatic rings. The van der Waals surface area contributed by atoms with Crippen LogP contribution in [-0.4, -0.2) is 50.8 Å². The van der Waals surface area contributed by atoms with E-state index in [-0.39, 0.29) is 44.5 Å². The molecule has 0 saturated heterocycles. The van der Waals surface area contributed by atoms with Crippen LogP contribution < -0.4 is 0 Å². The van der Waals surface area contributed by atoms with Gasteiger partial charge in [-0.05, 0) is 12.8 Å². The van der Waals surface area contributed by atoms with Crippen molar-refractivity contribution in [2.24, 2.45) is 5.92 Å². The smallest absolute Gasteiger partial charge is 0.309 e. The van der Waals surface area contributed by atoms with Gasteiger partial charge < -0.3 is 18.9 Å². The summed E-state index contributed by atoms with van der Waals surface area (Å²) in [5.41, 5.74) is 0. The zero-order chi connectivity index (χ0) is 14.8. The van der Waals surface area contributed by atoms with E-state index in [0.29, 0.717) is 0 Å². The van der Waals surface area contributed by atoms with Gasteiger partial charge in [0.25, 0.3) is 19.4 Å². The van der Waals surface area contributed by atoms with E-state index in [1.54, 1.807) is 0 Å². The third-order valence-electron chi connectivity index (χ3n) is 3.03. The first-order chi connectivity index (χ1) is 9.72. The Labute approximate surface area is 115 Å². The van der Waals surface area contributed by atoms with Crippen molar-refractivity contribution in [1.29, 1.82) is 0 Å². The predicted molar refractivity (Wildman–Crippen MR) is 62.2 cm³/mol. The van der Waals surface area contributed by atoms with Gasteiger partial charge in [0, 0.05) is 0 Å². The van der Waals surface area contributed by atoms with Gasteiger partial charge >= 0.3 is 5.97 Å². The summed E-state index contributed by atoms with van der Waals surface area (Å²) >= 11 is 0. The second-order valence-electron chi connectivity index (χ2n) is 4.23. The topological polar surface area (TPSA) is 105 Å². The van der Waals surface area contributed by atoms with Crippen molar-refractivity contribution in [1.82, 2.24) is 0 Å². The first-order valence-corrected chi connectivity index (χ1v) is 6.13. The highest BCUT2D eigenvalue weighted by molar-refractivity contribution is 5.73. The molecular weight excluding hydrogens is 272 g/mol. The molecule has 2 atom stereocenters. The second-order valence-corrected chi connectivity index (χ2v) is 4.23. The van der Waals surface area contributed by atoms with Gasteiger partial charge in [-0.15, -0.1) is 0 Å². The summed E-state index contributed by atoms with van der Waals surface area (Å²) in [7, 11) is 0. The predicted octanol–water partition coefficient (Wildman–Crippen LogP) is -0.414. The molecule has 1 rings (SSSR count). The minimum atomic E-state index is -1.03. The lowest BCUT2D eigenvalue weighted by Gasteiger charge is -2.26. The summed E-state index contributed by atoms with van der Waals surface area (Å²) in [5.74, 6) is -0.500. The largest absolute Gasteiger partial charge is 0.464 e. The highest BCUT2D eigenvalue weighted by Gasteiger charge is 2.31. The quantitative estimate of drug-likeness (QED) is 0.287. The van der Waals surface area contributed by atoms with Gasteiger partial charge in [-0.2, -0.15) is 0 Å². The zero-order valence-corrected chi connectivity index (χ0v) is 10.8. The fourth-order valence-corrected chi connectivity index (χ4v) is 1.67. The Morgan fingerprint density at radius 2 is 1.60 bits per heavy atom. The molecule has 20 heavy (non-hydrogen) atoms. The molecule has 8 heteroatoms. The number of ether oxygens (including phenoxy) is 4. The highest BCUT2D eigenvalue weighted by Crippen LogP contribution is 2.27. The monoisotopic (exact) mass is 288 g/mol. The van der Waals surface area contributed by atoms with Gasteiger partial charge in [-0.25, -0.2) is 0 Å². The first-order valence-electron chi connectivity index (χ1n) is 6.13. The first kappa shape index (κ1) is 15.9. The van der Waals surface area contributed by atoms with Crippen molar-refractivity contribution >= 4 is 25.4 Å². The van der Waals surface area contributed by atoms with Crippen LogP contribution in [0, 0.1) is 5.92 Å². The maximum Gasteiger partial charge on any atom is 0.309 e. The molecule has 0 aromatic heterocycles. The Morgan fingerprint density at radius 3 is 2.05 bits per heavy atom. The van der Waals surface area contributed by atoms with Crippen LogP contribution in [0.3, 0.4) is 0 Å². The number of hydrogen-bond acceptors (Lipinski definition) is 8. The lowest BCUT2D eigenvalue weighted by atomic mass is 9.86. The van der Waals surface area contributed by atoms with E-state index in [0.717, 1.165) is 19.3 Å². The van der Waals surface area contributed by atoms with Crippen molar-refractivity contribution < 1.29 is 38.1 Å². The normalized spacial score (nSPS) is 17.0. The Balaban J connectivity index is 2.49. The molecule has 0 N–H and O–H groups in total. The van der Waals surface area contributed by atoms with E-state index in [2.05, 4.69) is 9.47 Å². The average Bonchev–Trinajstić information content (AvgIpc) is 2.37. The lowest BCUT2D eigenvalue weighted by Crippen LogP contribution is -2.40. The number of hydrogen-bond donors (Lipinski definition) is 0. The van der Waals surface area contributed by atoms with Gasteiger partial charge in [0.05, 0.1) is 5.92 Å². The summed E-state index contributed by atoms with van der Waals surface area (Å²) in [6.07, 6.45) is 0.484. The number of carbonyl (C=O) groups excluding carboxylic acids is 4. The molecule has 112 valence electrons. The molecule has 2 unspecified atom stereocenters. The Hall–Kier alpha value is -2.12. The third-order valence-corrected chi connectivity index (χ3v) is 3.03. The van der Waals surface area contributed by atoms with Gasteiger partial charge in [0.2, 0.25) is 0 Å². The van der Waals surface area contributed by atoms with E-state index in [4.69, 9.17) is 9.47 Å². The van der Waals surface area contributed by atoms with Crippen LogP contribution in [0.5, 0.6) is 0 Å². The van der Waals surface area contributed by atoms with E-state index in [1.165, 1.54) is 0 Å². The standard InChI is InChI=1S/C12H16O8/c13-6-17-4-10(19-7-14)11(20-8-15)5-18-12(16)9-2-1-3-9/h6-11H,1-5H2. The van der Waals surface area contributed by atoms with Crippen molar-refractivity contribution in [3.63, 3.8) is 0 Å². The maximum absolute atomic E-state index is 11.6. The van der Waals surface area contributed by atoms with E-state index < -0.39 is 12.2 Å². The molecule has 0 amide bonds. The van der Waals surface area contributed by atoms with Crippen LogP contribution in [0.25, 0.3) is 0 Å². The summed E-state index contributed by atoms with van der Waals surface area (Å²) in [4.78, 5) is 42.5. The second kappa shape index (κ2) is 8.89. The molecule has 0 radical (unpaired) electrons. The van der Waals surface area contributed by atoms with E-state index >= 15 is 0 Å². The SMILES string of the molecule is O=COCC(OC=O)C(COC(=O)C1CCC1)OC=O. The van der Waals surface area contributed by atoms with Crippen LogP contribution in [0.15, 0.2) is 0 Å². The van der Waals surface area contributed by atoms with Crippen molar-refractivity contribution in [3.05, 3.63) is 0 Å². The summed E-state index contributed by atoms with van der Waals surface area (Å²) in [6.45, 7) is -0.131. The summed E-state index contributed by atoms with van der Waals surface area (Å²) < 4.78 is 18.8. The summed E-state index contributed by atoms with van der Waals surface area (Å²) in [6, 6.07) is 0. The molecule has 0 aromatic carbocycles. The minimum Gasteiger partial charge on any atom is -0.464 e. The van der Waals surface area contributed by atoms with Crippen molar-refractivity contribution in [3.8, 4) is 0 Å². The van der Waals surface area contributed by atoms with E-state index in [9.17, 15) is 19.2 Å². The van der Waals surface area contributed by atoms with Gasteiger partial charge in [-0.1, -0.05) is 6.42 Å². The molecule has 1 saturated carbocycles. The molecule has 8 nitrogen and oxygen atoms in total. The van der Waals surface area contributed by atoms with Crippen LogP contribution in [-0.2, 0) is 38.1 Å². The number of rotatable bonds is 11. The fourth-order valence-electron chi connectivity index (χ4n) is 1.67. The van der Waals surface area contributed by atoms with Crippen LogP contribution in [0.4, 0.5) is 0 Å². The zero-order valence-electron chi connectivity index (χ0n) is 10.8. The Bertz CT molecular complexity index is 338. The molecule has 1 fully saturated rings. The number of carbonyl (C=O) groups is 4. The molecule has 0 bridgehead atoms.